The first-order valence-corrected chi connectivity index (χ1v) is 13.0. The van der Waals surface area contributed by atoms with E-state index < -0.39 is 63.5 Å². The minimum absolute atomic E-state index is 0.0773. The molecule has 0 spiro atoms. The van der Waals surface area contributed by atoms with Gasteiger partial charge in [0.1, 0.15) is 21.2 Å². The van der Waals surface area contributed by atoms with Crippen molar-refractivity contribution in [3.63, 3.8) is 0 Å². The van der Waals surface area contributed by atoms with Crippen LogP contribution in [0, 0.1) is 10.1 Å². The number of phenols is 2. The molecule has 192 valence electrons. The maximum atomic E-state index is 12.2. The Balaban J connectivity index is 1.91. The van der Waals surface area contributed by atoms with Crippen LogP contribution in [-0.2, 0) is 20.2 Å². The molecule has 6 N–H and O–H groups in total. The zero-order valence-corrected chi connectivity index (χ0v) is 20.0. The van der Waals surface area contributed by atoms with Crippen molar-refractivity contribution in [3.8, 4) is 11.5 Å². The smallest absolute Gasteiger partial charge is 0.314 e. The highest BCUT2D eigenvalue weighted by molar-refractivity contribution is 7.86. The third kappa shape index (κ3) is 5.24. The van der Waals surface area contributed by atoms with Gasteiger partial charge in [-0.25, -0.2) is 0 Å². The molecule has 0 aromatic heterocycles. The summed E-state index contributed by atoms with van der Waals surface area (Å²) in [6.45, 7) is 0. The van der Waals surface area contributed by atoms with Crippen LogP contribution >= 0.6 is 0 Å². The number of aromatic hydroxyl groups is 2. The predicted octanol–water partition coefficient (Wildman–Crippen LogP) is 4.14. The average Bonchev–Trinajstić information content (AvgIpc) is 2.80. The molecule has 0 bridgehead atoms. The summed E-state index contributed by atoms with van der Waals surface area (Å²) in [7, 11) is -10.0. The van der Waals surface area contributed by atoms with E-state index in [1.54, 1.807) is 30.3 Å². The van der Waals surface area contributed by atoms with Gasteiger partial charge in [0.2, 0.25) is 5.75 Å². The maximum absolute atomic E-state index is 12.2. The number of nitrogens with zero attached hydrogens (tertiary/aromatic N) is 1. The standard InChI is InChI=1S/C22H17N3O10S2/c26-21-16-7-6-14(23-13-4-2-1-3-5-13)8-12(16)9-19(37(33,34)35)20(21)24-17-10-15(36(30,31)32)11-18(22(17)27)25(28)29/h1-11,23-24,26-27H,(H,30,31,32)(H,33,34,35). The normalized spacial score (nSPS) is 11.8. The van der Waals surface area contributed by atoms with Gasteiger partial charge in [0.15, 0.2) is 0 Å². The first-order chi connectivity index (χ1) is 17.3. The van der Waals surface area contributed by atoms with Crippen LogP contribution in [0.25, 0.3) is 10.8 Å². The lowest BCUT2D eigenvalue weighted by Gasteiger charge is -2.17. The van der Waals surface area contributed by atoms with Crippen molar-refractivity contribution in [3.05, 3.63) is 76.8 Å². The van der Waals surface area contributed by atoms with E-state index in [4.69, 9.17) is 0 Å². The summed E-state index contributed by atoms with van der Waals surface area (Å²) in [5.41, 5.74) is -1.37. The number of nitro benzene ring substituents is 1. The molecule has 0 heterocycles. The number of nitro groups is 1. The molecule has 0 amide bonds. The van der Waals surface area contributed by atoms with E-state index in [0.717, 1.165) is 11.8 Å². The molecule has 0 aliphatic heterocycles. The van der Waals surface area contributed by atoms with Gasteiger partial charge in [-0.2, -0.15) is 16.8 Å². The van der Waals surface area contributed by atoms with Crippen molar-refractivity contribution in [2.75, 3.05) is 10.6 Å². The number of nitrogens with one attached hydrogen (secondary N) is 2. The van der Waals surface area contributed by atoms with Gasteiger partial charge in [0, 0.05) is 22.8 Å². The largest absolute Gasteiger partial charge is 0.505 e. The van der Waals surface area contributed by atoms with Crippen LogP contribution in [0.5, 0.6) is 11.5 Å². The second-order valence-corrected chi connectivity index (χ2v) is 10.5. The minimum Gasteiger partial charge on any atom is -0.505 e. The Morgan fingerprint density at radius 2 is 1.43 bits per heavy atom. The average molecular weight is 548 g/mol. The van der Waals surface area contributed by atoms with Gasteiger partial charge in [-0.15, -0.1) is 0 Å². The quantitative estimate of drug-likeness (QED) is 0.0832. The maximum Gasteiger partial charge on any atom is 0.314 e. The zero-order chi connectivity index (χ0) is 27.1. The van der Waals surface area contributed by atoms with Crippen molar-refractivity contribution in [1.82, 2.24) is 0 Å². The summed E-state index contributed by atoms with van der Waals surface area (Å²) < 4.78 is 66.7. The van der Waals surface area contributed by atoms with Crippen LogP contribution in [0.1, 0.15) is 0 Å². The molecule has 0 unspecified atom stereocenters. The van der Waals surface area contributed by atoms with Gasteiger partial charge < -0.3 is 20.8 Å². The SMILES string of the molecule is O=[N+]([O-])c1cc(S(=O)(=O)O)cc(Nc2c(S(=O)(=O)O)cc3cc(Nc4ccccc4)ccc3c2O)c1O. The number of rotatable bonds is 7. The van der Waals surface area contributed by atoms with E-state index >= 15 is 0 Å². The summed E-state index contributed by atoms with van der Waals surface area (Å²) in [4.78, 5) is 8.27. The van der Waals surface area contributed by atoms with Crippen molar-refractivity contribution in [2.24, 2.45) is 0 Å². The Labute approximate surface area is 209 Å². The summed E-state index contributed by atoms with van der Waals surface area (Å²) in [5.74, 6) is -1.86. The highest BCUT2D eigenvalue weighted by Crippen LogP contribution is 2.44. The molecule has 0 fully saturated rings. The van der Waals surface area contributed by atoms with Crippen molar-refractivity contribution >= 4 is 59.4 Å². The summed E-state index contributed by atoms with van der Waals surface area (Å²) in [6, 6.07) is 15.4. The lowest BCUT2D eigenvalue weighted by Crippen LogP contribution is -2.06. The summed E-state index contributed by atoms with van der Waals surface area (Å²) in [6.07, 6.45) is 0. The van der Waals surface area contributed by atoms with Crippen molar-refractivity contribution in [1.29, 1.82) is 0 Å². The van der Waals surface area contributed by atoms with Gasteiger partial charge in [0.25, 0.3) is 20.2 Å². The van der Waals surface area contributed by atoms with Crippen LogP contribution < -0.4 is 10.6 Å². The Hall–Kier alpha value is -4.44. The Kier molecular flexibility index (Phi) is 6.39. The molecule has 0 saturated heterocycles. The van der Waals surface area contributed by atoms with Crippen LogP contribution in [0.15, 0.2) is 76.5 Å². The van der Waals surface area contributed by atoms with Gasteiger partial charge in [-0.3, -0.25) is 19.2 Å². The van der Waals surface area contributed by atoms with Crippen LogP contribution in [0.2, 0.25) is 0 Å². The molecule has 4 rings (SSSR count). The second kappa shape index (κ2) is 9.21. The van der Waals surface area contributed by atoms with E-state index in [0.29, 0.717) is 17.8 Å². The highest BCUT2D eigenvalue weighted by Gasteiger charge is 2.27. The molecule has 4 aromatic carbocycles. The minimum atomic E-state index is -5.04. The molecule has 0 aliphatic rings. The molecule has 13 nitrogen and oxygen atoms in total. The van der Waals surface area contributed by atoms with Crippen molar-refractivity contribution in [2.45, 2.75) is 9.79 Å². The van der Waals surface area contributed by atoms with E-state index in [1.165, 1.54) is 12.1 Å². The lowest BCUT2D eigenvalue weighted by atomic mass is 10.1. The fourth-order valence-corrected chi connectivity index (χ4v) is 4.77. The third-order valence-electron chi connectivity index (χ3n) is 5.23. The summed E-state index contributed by atoms with van der Waals surface area (Å²) >= 11 is 0. The Morgan fingerprint density at radius 3 is 2.03 bits per heavy atom. The van der Waals surface area contributed by atoms with E-state index in [2.05, 4.69) is 10.6 Å². The van der Waals surface area contributed by atoms with Crippen LogP contribution in [0.4, 0.5) is 28.4 Å². The van der Waals surface area contributed by atoms with E-state index in [-0.39, 0.29) is 10.8 Å². The van der Waals surface area contributed by atoms with E-state index in [9.17, 15) is 46.3 Å². The third-order valence-corrected chi connectivity index (χ3v) is 6.94. The second-order valence-electron chi connectivity index (χ2n) is 7.70. The molecule has 15 heteroatoms. The molecule has 37 heavy (non-hydrogen) atoms. The van der Waals surface area contributed by atoms with Crippen LogP contribution in [-0.4, -0.2) is 41.1 Å². The zero-order valence-electron chi connectivity index (χ0n) is 18.4. The number of fused-ring (bicyclic) bond motifs is 1. The Bertz CT molecular complexity index is 1770. The number of anilines is 4. The number of benzene rings is 4. The fraction of sp³-hybridized carbons (Fsp3) is 0. The van der Waals surface area contributed by atoms with Gasteiger partial charge in [0.05, 0.1) is 10.6 Å². The van der Waals surface area contributed by atoms with Gasteiger partial charge in [-0.1, -0.05) is 18.2 Å². The fourth-order valence-electron chi connectivity index (χ4n) is 3.56. The first-order valence-electron chi connectivity index (χ1n) is 10.1. The number of phenolic OH excluding ortho intramolecular Hbond substituents is 2. The lowest BCUT2D eigenvalue weighted by molar-refractivity contribution is -0.386. The molecule has 0 atom stereocenters. The highest BCUT2D eigenvalue weighted by atomic mass is 32.2. The van der Waals surface area contributed by atoms with Crippen molar-refractivity contribution < 1.29 is 41.1 Å². The summed E-state index contributed by atoms with van der Waals surface area (Å²) in [5, 5.41) is 38.0. The monoisotopic (exact) mass is 547 g/mol. The van der Waals surface area contributed by atoms with Gasteiger partial charge in [-0.05, 0) is 47.9 Å². The predicted molar refractivity (Wildman–Crippen MR) is 133 cm³/mol. The van der Waals surface area contributed by atoms with E-state index in [1.807, 2.05) is 6.07 Å². The number of hydrogen-bond acceptors (Lipinski definition) is 10. The number of hydrogen-bond donors (Lipinski definition) is 6. The van der Waals surface area contributed by atoms with Gasteiger partial charge >= 0.3 is 5.69 Å². The topological polar surface area (TPSA) is 216 Å². The molecule has 4 aromatic rings. The Morgan fingerprint density at radius 1 is 0.757 bits per heavy atom. The van der Waals surface area contributed by atoms with Crippen LogP contribution in [0.3, 0.4) is 0 Å². The first kappa shape index (κ1) is 25.6. The molecule has 0 aliphatic carbocycles. The molecule has 0 saturated carbocycles. The molecule has 0 radical (unpaired) electrons. The molecular formula is C22H17N3O10S2. The number of para-hydroxylation sites is 1. The molecular weight excluding hydrogens is 530 g/mol.